The molecule has 5 heteroatoms. The smallest absolute Gasteiger partial charge is 0.266 e. The zero-order valence-electron chi connectivity index (χ0n) is 20.6. The van der Waals surface area contributed by atoms with Crippen LogP contribution in [0.1, 0.15) is 58.2 Å². The number of thioether (sulfide) groups is 1. The number of allylic oxidation sites excluding steroid dienone is 1. The quantitative estimate of drug-likeness (QED) is 0.461. The van der Waals surface area contributed by atoms with Crippen molar-refractivity contribution in [2.24, 2.45) is 4.99 Å². The van der Waals surface area contributed by atoms with Crippen molar-refractivity contribution in [3.8, 4) is 0 Å². The molecular weight excluding hydrogens is 426 g/mol. The number of aryl methyl sites for hydroxylation is 1. The number of hydrogen-bond acceptors (Lipinski definition) is 4. The first-order valence-corrected chi connectivity index (χ1v) is 12.4. The van der Waals surface area contributed by atoms with E-state index in [1.807, 2.05) is 43.3 Å². The van der Waals surface area contributed by atoms with E-state index in [4.69, 9.17) is 4.99 Å². The lowest BCUT2D eigenvalue weighted by Crippen LogP contribution is -2.49. The molecule has 172 valence electrons. The van der Waals surface area contributed by atoms with Crippen LogP contribution >= 0.6 is 11.8 Å². The molecule has 0 saturated carbocycles. The van der Waals surface area contributed by atoms with Gasteiger partial charge in [-0.1, -0.05) is 24.3 Å². The second kappa shape index (κ2) is 8.86. The maximum Gasteiger partial charge on any atom is 0.266 e. The van der Waals surface area contributed by atoms with Crippen molar-refractivity contribution >= 4 is 45.9 Å². The maximum atomic E-state index is 13.2. The molecular formula is C28H33N3OS. The van der Waals surface area contributed by atoms with Gasteiger partial charge in [-0.3, -0.25) is 9.69 Å². The third kappa shape index (κ3) is 4.39. The van der Waals surface area contributed by atoms with Crippen LogP contribution in [0.4, 0.5) is 11.4 Å². The molecule has 0 bridgehead atoms. The fourth-order valence-corrected chi connectivity index (χ4v) is 5.99. The van der Waals surface area contributed by atoms with E-state index in [1.165, 1.54) is 34.1 Å². The maximum absolute atomic E-state index is 13.2. The summed E-state index contributed by atoms with van der Waals surface area (Å²) in [5.41, 5.74) is 6.84. The van der Waals surface area contributed by atoms with Crippen molar-refractivity contribution in [1.82, 2.24) is 4.90 Å². The van der Waals surface area contributed by atoms with Crippen LogP contribution < -0.4 is 4.90 Å². The number of nitrogens with zero attached hydrogens (tertiary/aromatic N) is 3. The number of carbonyl (C=O) groups is 1. The van der Waals surface area contributed by atoms with Crippen molar-refractivity contribution in [3.05, 3.63) is 70.1 Å². The van der Waals surface area contributed by atoms with Gasteiger partial charge in [0, 0.05) is 23.8 Å². The Balaban J connectivity index is 1.75. The van der Waals surface area contributed by atoms with Gasteiger partial charge in [-0.25, -0.2) is 4.99 Å². The standard InChI is InChI=1S/C28H33N3OS/c1-8-30-26(32)25(33-27(30)29-22-12-10-9-11-13-22)16-21-15-23-20(5)17-28(6,7)31(18(2)3)24(23)14-19(21)4/h9-18H,8H2,1-7H3/b25-16-,29-27?. The lowest BCUT2D eigenvalue weighted by molar-refractivity contribution is -0.122. The van der Waals surface area contributed by atoms with Crippen LogP contribution in [-0.2, 0) is 4.79 Å². The second-order valence-corrected chi connectivity index (χ2v) is 10.6. The summed E-state index contributed by atoms with van der Waals surface area (Å²) in [5.74, 6) is 0.0199. The summed E-state index contributed by atoms with van der Waals surface area (Å²) < 4.78 is 0. The van der Waals surface area contributed by atoms with Gasteiger partial charge in [0.05, 0.1) is 16.1 Å². The average molecular weight is 460 g/mol. The zero-order valence-corrected chi connectivity index (χ0v) is 21.5. The molecule has 1 fully saturated rings. The van der Waals surface area contributed by atoms with Gasteiger partial charge in [0.1, 0.15) is 0 Å². The number of likely N-dealkylation sites (N-methyl/N-ethyl adjacent to an activating group) is 1. The van der Waals surface area contributed by atoms with Crippen molar-refractivity contribution in [2.45, 2.75) is 60.0 Å². The summed E-state index contributed by atoms with van der Waals surface area (Å²) in [7, 11) is 0. The highest BCUT2D eigenvalue weighted by Gasteiger charge is 2.35. The zero-order chi connectivity index (χ0) is 23.9. The number of para-hydroxylation sites is 1. The molecule has 33 heavy (non-hydrogen) atoms. The van der Waals surface area contributed by atoms with Gasteiger partial charge in [-0.05, 0) is 107 Å². The van der Waals surface area contributed by atoms with Crippen molar-refractivity contribution in [3.63, 3.8) is 0 Å². The lowest BCUT2D eigenvalue weighted by Gasteiger charge is -2.46. The predicted octanol–water partition coefficient (Wildman–Crippen LogP) is 7.03. The van der Waals surface area contributed by atoms with E-state index < -0.39 is 0 Å². The molecule has 4 nitrogen and oxygen atoms in total. The molecule has 1 amide bonds. The number of amides is 1. The first kappa shape index (κ1) is 23.4. The number of aliphatic imine (C=N–C) groups is 1. The summed E-state index contributed by atoms with van der Waals surface area (Å²) in [4.78, 5) is 22.9. The Kier molecular flexibility index (Phi) is 6.28. The van der Waals surface area contributed by atoms with E-state index in [1.54, 1.807) is 4.90 Å². The van der Waals surface area contributed by atoms with Gasteiger partial charge >= 0.3 is 0 Å². The lowest BCUT2D eigenvalue weighted by atomic mass is 9.86. The van der Waals surface area contributed by atoms with Crippen molar-refractivity contribution in [1.29, 1.82) is 0 Å². The number of hydrogen-bond donors (Lipinski definition) is 0. The van der Waals surface area contributed by atoms with E-state index in [0.717, 1.165) is 16.4 Å². The Labute approximate surface area is 202 Å². The predicted molar refractivity (Wildman–Crippen MR) is 143 cm³/mol. The summed E-state index contributed by atoms with van der Waals surface area (Å²) in [6, 6.07) is 14.7. The highest BCUT2D eigenvalue weighted by Crippen LogP contribution is 2.42. The molecule has 0 aromatic heterocycles. The highest BCUT2D eigenvalue weighted by atomic mass is 32.2. The van der Waals surface area contributed by atoms with Crippen LogP contribution in [0.25, 0.3) is 11.6 Å². The topological polar surface area (TPSA) is 35.9 Å². The summed E-state index contributed by atoms with van der Waals surface area (Å²) in [6.07, 6.45) is 4.38. The van der Waals surface area contributed by atoms with E-state index in [9.17, 15) is 4.79 Å². The number of fused-ring (bicyclic) bond motifs is 1. The Bertz CT molecular complexity index is 1180. The number of anilines is 1. The largest absolute Gasteiger partial charge is 0.360 e. The summed E-state index contributed by atoms with van der Waals surface area (Å²) in [5, 5.41) is 0.736. The van der Waals surface area contributed by atoms with Crippen LogP contribution in [0.15, 0.2) is 58.4 Å². The molecule has 2 heterocycles. The molecule has 0 N–H and O–H groups in total. The van der Waals surface area contributed by atoms with Crippen LogP contribution in [0, 0.1) is 6.92 Å². The molecule has 4 rings (SSSR count). The monoisotopic (exact) mass is 459 g/mol. The Morgan fingerprint density at radius 3 is 2.45 bits per heavy atom. The van der Waals surface area contributed by atoms with Gasteiger partial charge in [0.2, 0.25) is 0 Å². The van der Waals surface area contributed by atoms with Gasteiger partial charge < -0.3 is 4.90 Å². The molecule has 0 unspecified atom stereocenters. The third-order valence-electron chi connectivity index (χ3n) is 6.25. The van der Waals surface area contributed by atoms with E-state index in [-0.39, 0.29) is 11.4 Å². The SMILES string of the molecule is CCN1C(=O)/C(=C/c2cc3c(cc2C)N(C(C)C)C(C)(C)C=C3C)SC1=Nc1ccccc1. The highest BCUT2D eigenvalue weighted by molar-refractivity contribution is 8.18. The fourth-order valence-electron chi connectivity index (χ4n) is 4.94. The number of benzene rings is 2. The Morgan fingerprint density at radius 1 is 1.12 bits per heavy atom. The molecule has 2 aromatic carbocycles. The Hall–Kier alpha value is -2.79. The van der Waals surface area contributed by atoms with E-state index in [2.05, 4.69) is 64.7 Å². The number of rotatable bonds is 4. The van der Waals surface area contributed by atoms with Crippen LogP contribution in [0.2, 0.25) is 0 Å². The van der Waals surface area contributed by atoms with Gasteiger partial charge in [-0.15, -0.1) is 0 Å². The van der Waals surface area contributed by atoms with Crippen molar-refractivity contribution in [2.75, 3.05) is 11.4 Å². The average Bonchev–Trinajstić information content (AvgIpc) is 3.02. The minimum Gasteiger partial charge on any atom is -0.360 e. The summed E-state index contributed by atoms with van der Waals surface area (Å²) in [6.45, 7) is 15.9. The van der Waals surface area contributed by atoms with E-state index >= 15 is 0 Å². The molecule has 2 aliphatic rings. The number of amidine groups is 1. The molecule has 0 aliphatic carbocycles. The second-order valence-electron chi connectivity index (χ2n) is 9.56. The third-order valence-corrected chi connectivity index (χ3v) is 7.25. The first-order chi connectivity index (χ1) is 15.6. The normalized spacial score (nSPS) is 20.1. The summed E-state index contributed by atoms with van der Waals surface area (Å²) >= 11 is 1.46. The molecule has 2 aromatic rings. The first-order valence-electron chi connectivity index (χ1n) is 11.6. The fraction of sp³-hybridized carbons (Fsp3) is 0.357. The van der Waals surface area contributed by atoms with Crippen molar-refractivity contribution < 1.29 is 4.79 Å². The minimum atomic E-state index is -0.0423. The van der Waals surface area contributed by atoms with Gasteiger partial charge in [0.25, 0.3) is 5.91 Å². The van der Waals surface area contributed by atoms with Crippen LogP contribution in [0.5, 0.6) is 0 Å². The molecule has 2 aliphatic heterocycles. The van der Waals surface area contributed by atoms with E-state index in [0.29, 0.717) is 17.5 Å². The number of carbonyl (C=O) groups excluding carboxylic acids is 1. The molecule has 1 saturated heterocycles. The molecule has 0 spiro atoms. The molecule has 0 radical (unpaired) electrons. The van der Waals surface area contributed by atoms with Crippen LogP contribution in [-0.4, -0.2) is 34.1 Å². The molecule has 0 atom stereocenters. The minimum absolute atomic E-state index is 0.0199. The van der Waals surface area contributed by atoms with Gasteiger partial charge in [0.15, 0.2) is 5.17 Å². The Morgan fingerprint density at radius 2 is 1.82 bits per heavy atom. The van der Waals surface area contributed by atoms with Crippen LogP contribution in [0.3, 0.4) is 0 Å². The van der Waals surface area contributed by atoms with Gasteiger partial charge in [-0.2, -0.15) is 0 Å².